The lowest BCUT2D eigenvalue weighted by molar-refractivity contribution is -0.384. The molecule has 1 aromatic carbocycles. The van der Waals surface area contributed by atoms with Crippen LogP contribution in [-0.2, 0) is 0 Å². The van der Waals surface area contributed by atoms with Gasteiger partial charge in [0.25, 0.3) is 0 Å². The molecule has 8 heteroatoms. The summed E-state index contributed by atoms with van der Waals surface area (Å²) in [6, 6.07) is 6.41. The Bertz CT molecular complexity index is 631. The molecule has 98 valence electrons. The van der Waals surface area contributed by atoms with Gasteiger partial charge in [0.05, 0.1) is 4.92 Å². The Balaban J connectivity index is 2.28. The molecule has 0 spiro atoms. The van der Waals surface area contributed by atoms with Gasteiger partial charge in [-0.3, -0.25) is 10.1 Å². The van der Waals surface area contributed by atoms with Crippen molar-refractivity contribution in [1.82, 2.24) is 4.98 Å². The minimum Gasteiger partial charge on any atom is -0.439 e. The number of halogens is 2. The van der Waals surface area contributed by atoms with Crippen molar-refractivity contribution in [3.8, 4) is 11.6 Å². The number of benzene rings is 1. The average molecular weight is 328 g/mol. The highest BCUT2D eigenvalue weighted by Crippen LogP contribution is 2.27. The van der Waals surface area contributed by atoms with Gasteiger partial charge in [-0.05, 0) is 12.1 Å². The van der Waals surface area contributed by atoms with Crippen LogP contribution >= 0.6 is 15.9 Å². The summed E-state index contributed by atoms with van der Waals surface area (Å²) in [6.07, 6.45) is 0. The van der Waals surface area contributed by atoms with Crippen LogP contribution in [0.1, 0.15) is 0 Å². The minimum absolute atomic E-state index is 0.0422. The van der Waals surface area contributed by atoms with Gasteiger partial charge in [-0.25, -0.2) is 4.39 Å². The zero-order valence-electron chi connectivity index (χ0n) is 9.34. The summed E-state index contributed by atoms with van der Waals surface area (Å²) in [4.78, 5) is 13.6. The van der Waals surface area contributed by atoms with Gasteiger partial charge in [0.1, 0.15) is 11.6 Å². The molecule has 0 saturated heterocycles. The van der Waals surface area contributed by atoms with Gasteiger partial charge in [0.2, 0.25) is 11.7 Å². The number of ether oxygens (including phenoxy) is 1. The maximum Gasteiger partial charge on any atom is 0.311 e. The summed E-state index contributed by atoms with van der Waals surface area (Å²) in [5, 5.41) is 10.6. The van der Waals surface area contributed by atoms with Crippen molar-refractivity contribution in [3.05, 3.63) is 50.7 Å². The van der Waals surface area contributed by atoms with Crippen molar-refractivity contribution in [2.45, 2.75) is 0 Å². The lowest BCUT2D eigenvalue weighted by Crippen LogP contribution is -1.99. The van der Waals surface area contributed by atoms with E-state index >= 15 is 0 Å². The van der Waals surface area contributed by atoms with E-state index in [-0.39, 0.29) is 23.1 Å². The molecule has 0 bridgehead atoms. The molecule has 2 N–H and O–H groups in total. The molecule has 1 heterocycles. The van der Waals surface area contributed by atoms with E-state index in [2.05, 4.69) is 20.9 Å². The van der Waals surface area contributed by atoms with E-state index in [0.717, 1.165) is 6.07 Å². The van der Waals surface area contributed by atoms with Crippen molar-refractivity contribution in [2.24, 2.45) is 0 Å². The topological polar surface area (TPSA) is 91.3 Å². The summed E-state index contributed by atoms with van der Waals surface area (Å²) in [5.74, 6) is -0.509. The summed E-state index contributed by atoms with van der Waals surface area (Å²) >= 11 is 3.12. The maximum atomic E-state index is 13.1. The quantitative estimate of drug-likeness (QED) is 0.690. The van der Waals surface area contributed by atoms with E-state index in [1.165, 1.54) is 24.3 Å². The number of aromatic nitrogens is 1. The third kappa shape index (κ3) is 3.16. The van der Waals surface area contributed by atoms with Crippen molar-refractivity contribution in [1.29, 1.82) is 0 Å². The molecular weight excluding hydrogens is 321 g/mol. The van der Waals surface area contributed by atoms with Crippen LogP contribution in [0.25, 0.3) is 0 Å². The number of anilines is 1. The molecule has 0 aliphatic carbocycles. The number of hydrogen-bond donors (Lipinski definition) is 1. The molecule has 0 radical (unpaired) electrons. The van der Waals surface area contributed by atoms with Crippen LogP contribution < -0.4 is 10.5 Å². The Hall–Kier alpha value is -2.22. The highest BCUT2D eigenvalue weighted by molar-refractivity contribution is 9.10. The third-order valence-electron chi connectivity index (χ3n) is 2.13. The first kappa shape index (κ1) is 13.2. The summed E-state index contributed by atoms with van der Waals surface area (Å²) in [7, 11) is 0. The maximum absolute atomic E-state index is 13.1. The normalized spacial score (nSPS) is 10.2. The standard InChI is InChI=1S/C11H7BrFN3O3/c12-6-3-7(13)5-8(4-6)19-10-2-1-9(16(17)18)11(14)15-10/h1-5H,(H2,14,15). The molecule has 0 saturated carbocycles. The minimum atomic E-state index is -0.648. The van der Waals surface area contributed by atoms with E-state index in [1.807, 2.05) is 0 Å². The zero-order valence-corrected chi connectivity index (χ0v) is 10.9. The summed E-state index contributed by atoms with van der Waals surface area (Å²) < 4.78 is 18.9. The lowest BCUT2D eigenvalue weighted by atomic mass is 10.3. The molecule has 19 heavy (non-hydrogen) atoms. The van der Waals surface area contributed by atoms with Gasteiger partial charge in [-0.1, -0.05) is 15.9 Å². The molecule has 0 aliphatic heterocycles. The van der Waals surface area contributed by atoms with Crippen LogP contribution in [0.15, 0.2) is 34.8 Å². The first-order valence-electron chi connectivity index (χ1n) is 5.00. The smallest absolute Gasteiger partial charge is 0.311 e. The highest BCUT2D eigenvalue weighted by atomic mass is 79.9. The first-order chi connectivity index (χ1) is 8.95. The highest BCUT2D eigenvalue weighted by Gasteiger charge is 2.13. The predicted molar refractivity (Wildman–Crippen MR) is 69.5 cm³/mol. The number of rotatable bonds is 3. The fourth-order valence-corrected chi connectivity index (χ4v) is 1.81. The van der Waals surface area contributed by atoms with E-state index in [9.17, 15) is 14.5 Å². The largest absolute Gasteiger partial charge is 0.439 e. The molecule has 0 fully saturated rings. The predicted octanol–water partition coefficient (Wildman–Crippen LogP) is 3.27. The van der Waals surface area contributed by atoms with Crippen LogP contribution in [0.4, 0.5) is 15.9 Å². The second-order valence-electron chi connectivity index (χ2n) is 3.52. The third-order valence-corrected chi connectivity index (χ3v) is 2.59. The van der Waals surface area contributed by atoms with Gasteiger partial charge >= 0.3 is 5.69 Å². The van der Waals surface area contributed by atoms with Crippen LogP contribution in [0.5, 0.6) is 11.6 Å². The molecule has 2 aromatic rings. The molecule has 2 rings (SSSR count). The fraction of sp³-hybridized carbons (Fsp3) is 0. The van der Waals surface area contributed by atoms with Crippen LogP contribution in [0.2, 0.25) is 0 Å². The van der Waals surface area contributed by atoms with Crippen LogP contribution in [0.3, 0.4) is 0 Å². The van der Waals surface area contributed by atoms with E-state index in [0.29, 0.717) is 4.47 Å². The number of nitro groups is 1. The first-order valence-corrected chi connectivity index (χ1v) is 5.80. The molecule has 0 atom stereocenters. The van der Waals surface area contributed by atoms with Crippen molar-refractivity contribution in [3.63, 3.8) is 0 Å². The SMILES string of the molecule is Nc1nc(Oc2cc(F)cc(Br)c2)ccc1[N+](=O)[O-]. The molecule has 6 nitrogen and oxygen atoms in total. The van der Waals surface area contributed by atoms with Gasteiger partial charge in [-0.2, -0.15) is 4.98 Å². The molecule has 0 unspecified atom stereocenters. The molecule has 1 aromatic heterocycles. The van der Waals surface area contributed by atoms with Gasteiger partial charge < -0.3 is 10.5 Å². The zero-order chi connectivity index (χ0) is 14.0. The Kier molecular flexibility index (Phi) is 3.61. The Labute approximate surface area is 115 Å². The Morgan fingerprint density at radius 3 is 2.68 bits per heavy atom. The van der Waals surface area contributed by atoms with Crippen molar-refractivity contribution in [2.75, 3.05) is 5.73 Å². The van der Waals surface area contributed by atoms with Crippen molar-refractivity contribution >= 4 is 27.4 Å². The lowest BCUT2D eigenvalue weighted by Gasteiger charge is -2.06. The second-order valence-corrected chi connectivity index (χ2v) is 4.43. The van der Waals surface area contributed by atoms with E-state index < -0.39 is 10.7 Å². The van der Waals surface area contributed by atoms with Gasteiger partial charge in [0, 0.05) is 22.7 Å². The van der Waals surface area contributed by atoms with E-state index in [4.69, 9.17) is 10.5 Å². The van der Waals surface area contributed by atoms with E-state index in [1.54, 1.807) is 0 Å². The summed E-state index contributed by atoms with van der Waals surface area (Å²) in [5.41, 5.74) is 5.11. The van der Waals surface area contributed by atoms with Gasteiger partial charge in [-0.15, -0.1) is 0 Å². The number of pyridine rings is 1. The Morgan fingerprint density at radius 1 is 1.37 bits per heavy atom. The number of nitrogen functional groups attached to an aromatic ring is 1. The Morgan fingerprint density at radius 2 is 2.11 bits per heavy atom. The summed E-state index contributed by atoms with van der Waals surface area (Å²) in [6.45, 7) is 0. The van der Waals surface area contributed by atoms with Crippen LogP contribution in [0, 0.1) is 15.9 Å². The fourth-order valence-electron chi connectivity index (χ4n) is 1.37. The number of nitrogens with zero attached hydrogens (tertiary/aromatic N) is 2. The van der Waals surface area contributed by atoms with Gasteiger partial charge in [0.15, 0.2) is 0 Å². The second kappa shape index (κ2) is 5.19. The molecule has 0 aliphatic rings. The molecular formula is C11H7BrFN3O3. The number of nitrogens with two attached hydrogens (primary N) is 1. The number of hydrogen-bond acceptors (Lipinski definition) is 5. The molecule has 0 amide bonds. The van der Waals surface area contributed by atoms with Crippen LogP contribution in [-0.4, -0.2) is 9.91 Å². The monoisotopic (exact) mass is 327 g/mol. The average Bonchev–Trinajstić information content (AvgIpc) is 2.26. The van der Waals surface area contributed by atoms with Crippen molar-refractivity contribution < 1.29 is 14.1 Å².